The van der Waals surface area contributed by atoms with E-state index < -0.39 is 0 Å². The normalized spacial score (nSPS) is 13.0. The molecule has 0 fully saturated rings. The lowest BCUT2D eigenvalue weighted by molar-refractivity contribution is -0.115. The lowest BCUT2D eigenvalue weighted by Gasteiger charge is -2.05. The van der Waals surface area contributed by atoms with Crippen LogP contribution in [0, 0.1) is 0 Å². The van der Waals surface area contributed by atoms with Crippen LogP contribution in [0.1, 0.15) is 26.4 Å². The molecule has 2 heterocycles. The minimum Gasteiger partial charge on any atom is -0.326 e. The molecule has 27 heavy (non-hydrogen) atoms. The number of nitrogens with one attached hydrogen (secondary N) is 1. The minimum atomic E-state index is -0.363. The first-order chi connectivity index (χ1) is 13.0. The number of amides is 3. The van der Waals surface area contributed by atoms with Crippen LogP contribution in [0.25, 0.3) is 10.6 Å². The van der Waals surface area contributed by atoms with Crippen molar-refractivity contribution in [3.63, 3.8) is 0 Å². The highest BCUT2D eigenvalue weighted by atomic mass is 32.1. The number of hydrogen-bond acceptors (Lipinski definition) is 5. The summed E-state index contributed by atoms with van der Waals surface area (Å²) >= 11 is 1.49. The van der Waals surface area contributed by atoms with E-state index in [2.05, 4.69) is 10.3 Å². The van der Waals surface area contributed by atoms with Crippen LogP contribution in [-0.2, 0) is 11.2 Å². The Bertz CT molecular complexity index is 1060. The van der Waals surface area contributed by atoms with Crippen molar-refractivity contribution in [3.8, 4) is 10.6 Å². The van der Waals surface area contributed by atoms with Crippen molar-refractivity contribution >= 4 is 34.7 Å². The second-order valence-corrected chi connectivity index (χ2v) is 7.02. The number of imide groups is 1. The van der Waals surface area contributed by atoms with E-state index in [4.69, 9.17) is 0 Å². The number of thiazole rings is 1. The van der Waals surface area contributed by atoms with E-state index in [0.29, 0.717) is 22.5 Å². The van der Waals surface area contributed by atoms with Crippen LogP contribution < -0.4 is 5.32 Å². The summed E-state index contributed by atoms with van der Waals surface area (Å²) in [4.78, 5) is 41.9. The second kappa shape index (κ2) is 6.77. The molecule has 1 aromatic heterocycles. The van der Waals surface area contributed by atoms with Gasteiger partial charge in [0.15, 0.2) is 0 Å². The quantitative estimate of drug-likeness (QED) is 0.708. The van der Waals surface area contributed by atoms with Gasteiger partial charge < -0.3 is 5.32 Å². The summed E-state index contributed by atoms with van der Waals surface area (Å²) in [5.41, 5.74) is 2.84. The maximum absolute atomic E-state index is 12.3. The summed E-state index contributed by atoms with van der Waals surface area (Å²) in [5.74, 6) is -0.924. The van der Waals surface area contributed by atoms with E-state index in [9.17, 15) is 14.4 Å². The van der Waals surface area contributed by atoms with Gasteiger partial charge in [-0.1, -0.05) is 30.3 Å². The van der Waals surface area contributed by atoms with Crippen molar-refractivity contribution in [2.75, 3.05) is 12.4 Å². The largest absolute Gasteiger partial charge is 0.326 e. The molecule has 1 N–H and O–H groups in total. The van der Waals surface area contributed by atoms with E-state index in [1.165, 1.54) is 24.5 Å². The zero-order valence-corrected chi connectivity index (χ0v) is 15.2. The molecule has 1 aliphatic rings. The second-order valence-electron chi connectivity index (χ2n) is 6.16. The number of benzene rings is 2. The number of anilines is 1. The first-order valence-electron chi connectivity index (χ1n) is 8.29. The molecule has 4 rings (SSSR count). The summed E-state index contributed by atoms with van der Waals surface area (Å²) in [6.45, 7) is 0. The molecule has 2 aromatic carbocycles. The Morgan fingerprint density at radius 2 is 1.81 bits per heavy atom. The summed E-state index contributed by atoms with van der Waals surface area (Å²) in [7, 11) is 1.44. The van der Waals surface area contributed by atoms with Crippen LogP contribution >= 0.6 is 11.3 Å². The van der Waals surface area contributed by atoms with E-state index in [1.807, 2.05) is 35.7 Å². The zero-order chi connectivity index (χ0) is 19.0. The molecular weight excluding hydrogens is 362 g/mol. The van der Waals surface area contributed by atoms with Gasteiger partial charge in [-0.3, -0.25) is 19.3 Å². The van der Waals surface area contributed by atoms with Gasteiger partial charge in [0.25, 0.3) is 11.8 Å². The Kier molecular flexibility index (Phi) is 4.29. The number of aromatic nitrogens is 1. The Morgan fingerprint density at radius 1 is 1.07 bits per heavy atom. The van der Waals surface area contributed by atoms with Gasteiger partial charge >= 0.3 is 0 Å². The Balaban J connectivity index is 1.46. The highest BCUT2D eigenvalue weighted by Crippen LogP contribution is 2.26. The number of fused-ring (bicyclic) bond motifs is 1. The van der Waals surface area contributed by atoms with Gasteiger partial charge in [-0.2, -0.15) is 0 Å². The zero-order valence-electron chi connectivity index (χ0n) is 14.4. The van der Waals surface area contributed by atoms with Crippen LogP contribution in [0.5, 0.6) is 0 Å². The van der Waals surface area contributed by atoms with Gasteiger partial charge in [0.05, 0.1) is 23.2 Å². The van der Waals surface area contributed by atoms with Gasteiger partial charge in [-0.05, 0) is 18.2 Å². The Hall–Kier alpha value is -3.32. The molecule has 0 saturated heterocycles. The fourth-order valence-corrected chi connectivity index (χ4v) is 3.74. The van der Waals surface area contributed by atoms with Crippen LogP contribution in [0.4, 0.5) is 5.69 Å². The van der Waals surface area contributed by atoms with E-state index in [1.54, 1.807) is 12.1 Å². The average Bonchev–Trinajstić information content (AvgIpc) is 3.22. The molecule has 0 unspecified atom stereocenters. The number of carbonyl (C=O) groups excluding carboxylic acids is 3. The Morgan fingerprint density at radius 3 is 2.59 bits per heavy atom. The maximum atomic E-state index is 12.3. The predicted octanol–water partition coefficient (Wildman–Crippen LogP) is 3.22. The van der Waals surface area contributed by atoms with E-state index in [-0.39, 0.29) is 24.1 Å². The van der Waals surface area contributed by atoms with Crippen molar-refractivity contribution in [2.45, 2.75) is 6.42 Å². The molecule has 7 heteroatoms. The van der Waals surface area contributed by atoms with Gasteiger partial charge in [-0.15, -0.1) is 11.3 Å². The molecule has 6 nitrogen and oxygen atoms in total. The van der Waals surface area contributed by atoms with Gasteiger partial charge in [0, 0.05) is 23.7 Å². The van der Waals surface area contributed by atoms with Crippen molar-refractivity contribution in [1.29, 1.82) is 0 Å². The summed E-state index contributed by atoms with van der Waals surface area (Å²) in [6, 6.07) is 14.5. The molecule has 0 bridgehead atoms. The predicted molar refractivity (Wildman–Crippen MR) is 103 cm³/mol. The smallest absolute Gasteiger partial charge is 0.261 e. The topological polar surface area (TPSA) is 79.4 Å². The molecule has 0 radical (unpaired) electrons. The van der Waals surface area contributed by atoms with Crippen LogP contribution in [0.3, 0.4) is 0 Å². The van der Waals surface area contributed by atoms with Crippen molar-refractivity contribution in [3.05, 3.63) is 70.7 Å². The molecule has 1 aliphatic heterocycles. The summed E-state index contributed by atoms with van der Waals surface area (Å²) in [5, 5.41) is 5.49. The van der Waals surface area contributed by atoms with Crippen LogP contribution in [0.2, 0.25) is 0 Å². The van der Waals surface area contributed by atoms with Gasteiger partial charge in [0.2, 0.25) is 5.91 Å². The molecule has 0 spiro atoms. The molecule has 0 saturated carbocycles. The highest BCUT2D eigenvalue weighted by Gasteiger charge is 2.32. The fraction of sp³-hybridized carbons (Fsp3) is 0.100. The molecular formula is C20H15N3O3S. The van der Waals surface area contributed by atoms with Crippen LogP contribution in [-0.4, -0.2) is 34.7 Å². The minimum absolute atomic E-state index is 0.132. The molecule has 0 atom stereocenters. The lowest BCUT2D eigenvalue weighted by atomic mass is 10.1. The molecule has 3 amide bonds. The third-order valence-electron chi connectivity index (χ3n) is 4.29. The summed E-state index contributed by atoms with van der Waals surface area (Å²) < 4.78 is 0. The standard InChI is InChI=1S/C20H15N3O3S/c1-23-19(25)15-8-7-13(9-16(15)20(23)26)21-17(24)10-14-11-27-18(22-14)12-5-3-2-4-6-12/h2-9,11H,10H2,1H3,(H,21,24). The van der Waals surface area contributed by atoms with E-state index >= 15 is 0 Å². The fourth-order valence-electron chi connectivity index (χ4n) is 2.91. The van der Waals surface area contributed by atoms with Crippen molar-refractivity contribution < 1.29 is 14.4 Å². The Labute approximate surface area is 159 Å². The molecule has 0 aliphatic carbocycles. The first kappa shape index (κ1) is 17.1. The third kappa shape index (κ3) is 3.24. The monoisotopic (exact) mass is 377 g/mol. The van der Waals surface area contributed by atoms with E-state index in [0.717, 1.165) is 15.5 Å². The molecule has 134 valence electrons. The number of rotatable bonds is 4. The highest BCUT2D eigenvalue weighted by molar-refractivity contribution is 7.13. The van der Waals surface area contributed by atoms with Crippen molar-refractivity contribution in [1.82, 2.24) is 9.88 Å². The van der Waals surface area contributed by atoms with Crippen molar-refractivity contribution in [2.24, 2.45) is 0 Å². The first-order valence-corrected chi connectivity index (χ1v) is 9.17. The number of carbonyl (C=O) groups is 3. The number of nitrogens with zero attached hydrogens (tertiary/aromatic N) is 2. The summed E-state index contributed by atoms with van der Waals surface area (Å²) in [6.07, 6.45) is 0.132. The van der Waals surface area contributed by atoms with Gasteiger partial charge in [0.1, 0.15) is 5.01 Å². The maximum Gasteiger partial charge on any atom is 0.261 e. The van der Waals surface area contributed by atoms with Crippen LogP contribution in [0.15, 0.2) is 53.9 Å². The number of hydrogen-bond donors (Lipinski definition) is 1. The SMILES string of the molecule is CN1C(=O)c2ccc(NC(=O)Cc3csc(-c4ccccc4)n3)cc2C1=O. The lowest BCUT2D eigenvalue weighted by Crippen LogP contribution is -2.24. The van der Waals surface area contributed by atoms with Gasteiger partial charge in [-0.25, -0.2) is 4.98 Å². The molecule has 3 aromatic rings. The average molecular weight is 377 g/mol. The third-order valence-corrected chi connectivity index (χ3v) is 5.23.